The predicted molar refractivity (Wildman–Crippen MR) is 59.1 cm³/mol. The van der Waals surface area contributed by atoms with Crippen LogP contribution in [-0.2, 0) is 4.74 Å². The molecule has 0 aliphatic heterocycles. The standard InChI is InChI=1S/C11H25NO2/c1-8(2)6-9(12)10(7-13)14-11(3,4)5/h8-10,13H,6-7,12H2,1-5H3. The van der Waals surface area contributed by atoms with Gasteiger partial charge in [0.15, 0.2) is 0 Å². The second-order valence-corrected chi connectivity index (χ2v) is 5.24. The van der Waals surface area contributed by atoms with Gasteiger partial charge in [0.1, 0.15) is 0 Å². The van der Waals surface area contributed by atoms with Crippen LogP contribution in [0.3, 0.4) is 0 Å². The Labute approximate surface area is 87.6 Å². The molecular weight excluding hydrogens is 178 g/mol. The summed E-state index contributed by atoms with van der Waals surface area (Å²) in [6, 6.07) is -0.0841. The molecule has 0 fully saturated rings. The molecule has 0 bridgehead atoms. The highest BCUT2D eigenvalue weighted by molar-refractivity contribution is 4.77. The number of ether oxygens (including phenoxy) is 1. The molecule has 2 atom stereocenters. The number of rotatable bonds is 5. The molecule has 3 heteroatoms. The van der Waals surface area contributed by atoms with Crippen molar-refractivity contribution < 1.29 is 9.84 Å². The first-order valence-corrected chi connectivity index (χ1v) is 5.30. The first-order valence-electron chi connectivity index (χ1n) is 5.30. The fourth-order valence-corrected chi connectivity index (χ4v) is 1.41. The van der Waals surface area contributed by atoms with Crippen LogP contribution in [0.25, 0.3) is 0 Å². The average Bonchev–Trinajstić information content (AvgIpc) is 1.96. The first kappa shape index (κ1) is 13.9. The van der Waals surface area contributed by atoms with E-state index in [-0.39, 0.29) is 24.4 Å². The minimum Gasteiger partial charge on any atom is -0.394 e. The molecule has 3 nitrogen and oxygen atoms in total. The van der Waals surface area contributed by atoms with Gasteiger partial charge in [0.25, 0.3) is 0 Å². The summed E-state index contributed by atoms with van der Waals surface area (Å²) in [6.45, 7) is 10.1. The molecule has 0 amide bonds. The van der Waals surface area contributed by atoms with Gasteiger partial charge in [-0.25, -0.2) is 0 Å². The number of hydrogen-bond acceptors (Lipinski definition) is 3. The van der Waals surface area contributed by atoms with Crippen LogP contribution in [0, 0.1) is 5.92 Å². The molecular formula is C11H25NO2. The lowest BCUT2D eigenvalue weighted by atomic mass is 9.99. The normalized spacial score (nSPS) is 17.1. The summed E-state index contributed by atoms with van der Waals surface area (Å²) in [7, 11) is 0. The van der Waals surface area contributed by atoms with Crippen molar-refractivity contribution in [1.29, 1.82) is 0 Å². The van der Waals surface area contributed by atoms with E-state index in [1.54, 1.807) is 0 Å². The molecule has 0 heterocycles. The van der Waals surface area contributed by atoms with Crippen LogP contribution in [0.5, 0.6) is 0 Å². The maximum absolute atomic E-state index is 9.17. The number of aliphatic hydroxyl groups excluding tert-OH is 1. The molecule has 0 aliphatic rings. The second kappa shape index (κ2) is 5.69. The Kier molecular flexibility index (Phi) is 5.64. The topological polar surface area (TPSA) is 55.5 Å². The van der Waals surface area contributed by atoms with Crippen LogP contribution >= 0.6 is 0 Å². The molecule has 0 aliphatic carbocycles. The lowest BCUT2D eigenvalue weighted by molar-refractivity contribution is -0.0917. The van der Waals surface area contributed by atoms with Crippen molar-refractivity contribution in [2.75, 3.05) is 6.61 Å². The smallest absolute Gasteiger partial charge is 0.0963 e. The van der Waals surface area contributed by atoms with Gasteiger partial charge >= 0.3 is 0 Å². The molecule has 3 N–H and O–H groups in total. The Morgan fingerprint density at radius 2 is 1.79 bits per heavy atom. The van der Waals surface area contributed by atoms with Crippen molar-refractivity contribution in [3.05, 3.63) is 0 Å². The van der Waals surface area contributed by atoms with E-state index in [0.29, 0.717) is 5.92 Å². The highest BCUT2D eigenvalue weighted by Crippen LogP contribution is 2.15. The average molecular weight is 203 g/mol. The quantitative estimate of drug-likeness (QED) is 0.712. The Hall–Kier alpha value is -0.120. The monoisotopic (exact) mass is 203 g/mol. The Morgan fingerprint density at radius 3 is 2.07 bits per heavy atom. The van der Waals surface area contributed by atoms with E-state index in [4.69, 9.17) is 15.6 Å². The predicted octanol–water partition coefficient (Wildman–Crippen LogP) is 1.54. The molecule has 0 aromatic heterocycles. The van der Waals surface area contributed by atoms with Gasteiger partial charge in [-0.3, -0.25) is 0 Å². The molecule has 0 rings (SSSR count). The minimum atomic E-state index is -0.252. The number of hydrogen-bond donors (Lipinski definition) is 2. The molecule has 0 aromatic carbocycles. The molecule has 2 unspecified atom stereocenters. The van der Waals surface area contributed by atoms with Gasteiger partial charge in [0.05, 0.1) is 18.3 Å². The van der Waals surface area contributed by atoms with E-state index in [1.807, 2.05) is 20.8 Å². The van der Waals surface area contributed by atoms with Crippen molar-refractivity contribution in [3.63, 3.8) is 0 Å². The van der Waals surface area contributed by atoms with E-state index >= 15 is 0 Å². The summed E-state index contributed by atoms with van der Waals surface area (Å²) >= 11 is 0. The van der Waals surface area contributed by atoms with Crippen LogP contribution < -0.4 is 5.73 Å². The van der Waals surface area contributed by atoms with Gasteiger partial charge in [-0.15, -0.1) is 0 Å². The largest absolute Gasteiger partial charge is 0.394 e. The van der Waals surface area contributed by atoms with Crippen molar-refractivity contribution in [3.8, 4) is 0 Å². The minimum absolute atomic E-state index is 0.00877. The summed E-state index contributed by atoms with van der Waals surface area (Å²) < 4.78 is 5.67. The molecule has 14 heavy (non-hydrogen) atoms. The highest BCUT2D eigenvalue weighted by atomic mass is 16.5. The summed E-state index contributed by atoms with van der Waals surface area (Å²) in [6.07, 6.45) is 0.624. The van der Waals surface area contributed by atoms with E-state index in [2.05, 4.69) is 13.8 Å². The zero-order valence-corrected chi connectivity index (χ0v) is 10.1. The number of nitrogens with two attached hydrogens (primary N) is 1. The van der Waals surface area contributed by atoms with Gasteiger partial charge in [-0.1, -0.05) is 13.8 Å². The van der Waals surface area contributed by atoms with Gasteiger partial charge in [-0.2, -0.15) is 0 Å². The van der Waals surface area contributed by atoms with Crippen molar-refractivity contribution in [1.82, 2.24) is 0 Å². The van der Waals surface area contributed by atoms with Crippen LogP contribution in [0.2, 0.25) is 0 Å². The maximum atomic E-state index is 9.17. The summed E-state index contributed by atoms with van der Waals surface area (Å²) in [5.74, 6) is 0.530. The molecule has 0 saturated carbocycles. The SMILES string of the molecule is CC(C)CC(N)C(CO)OC(C)(C)C. The Bertz CT molecular complexity index is 152. The Balaban J connectivity index is 4.12. The lowest BCUT2D eigenvalue weighted by Crippen LogP contribution is -2.44. The second-order valence-electron chi connectivity index (χ2n) is 5.24. The van der Waals surface area contributed by atoms with Gasteiger partial charge in [-0.05, 0) is 33.1 Å². The van der Waals surface area contributed by atoms with Gasteiger partial charge in [0.2, 0.25) is 0 Å². The highest BCUT2D eigenvalue weighted by Gasteiger charge is 2.24. The molecule has 0 radical (unpaired) electrons. The third-order valence-electron chi connectivity index (χ3n) is 1.91. The summed E-state index contributed by atoms with van der Waals surface area (Å²) in [4.78, 5) is 0. The lowest BCUT2D eigenvalue weighted by Gasteiger charge is -2.30. The molecule has 0 aromatic rings. The molecule has 0 saturated heterocycles. The molecule has 0 spiro atoms. The summed E-state index contributed by atoms with van der Waals surface area (Å²) in [5.41, 5.74) is 5.70. The van der Waals surface area contributed by atoms with Crippen molar-refractivity contribution >= 4 is 0 Å². The summed E-state index contributed by atoms with van der Waals surface area (Å²) in [5, 5.41) is 9.17. The third kappa shape index (κ3) is 6.35. The zero-order chi connectivity index (χ0) is 11.4. The maximum Gasteiger partial charge on any atom is 0.0963 e. The van der Waals surface area contributed by atoms with E-state index in [1.165, 1.54) is 0 Å². The Morgan fingerprint density at radius 1 is 1.29 bits per heavy atom. The number of aliphatic hydroxyl groups is 1. The first-order chi connectivity index (χ1) is 6.26. The van der Waals surface area contributed by atoms with Crippen molar-refractivity contribution in [2.45, 2.75) is 58.8 Å². The van der Waals surface area contributed by atoms with E-state index < -0.39 is 0 Å². The van der Waals surface area contributed by atoms with Crippen LogP contribution in [0.1, 0.15) is 41.0 Å². The third-order valence-corrected chi connectivity index (χ3v) is 1.91. The fraction of sp³-hybridized carbons (Fsp3) is 1.00. The molecule has 86 valence electrons. The van der Waals surface area contributed by atoms with Crippen LogP contribution in [0.15, 0.2) is 0 Å². The van der Waals surface area contributed by atoms with Crippen LogP contribution in [0.4, 0.5) is 0 Å². The van der Waals surface area contributed by atoms with Crippen molar-refractivity contribution in [2.24, 2.45) is 11.7 Å². The van der Waals surface area contributed by atoms with E-state index in [9.17, 15) is 0 Å². The van der Waals surface area contributed by atoms with Crippen LogP contribution in [-0.4, -0.2) is 29.5 Å². The fourth-order valence-electron chi connectivity index (χ4n) is 1.41. The van der Waals surface area contributed by atoms with Gasteiger partial charge < -0.3 is 15.6 Å². The van der Waals surface area contributed by atoms with E-state index in [0.717, 1.165) is 6.42 Å². The zero-order valence-electron chi connectivity index (χ0n) is 10.1. The van der Waals surface area contributed by atoms with Gasteiger partial charge in [0, 0.05) is 6.04 Å².